The van der Waals surface area contributed by atoms with Gasteiger partial charge in [0.05, 0.1) is 6.61 Å². The molecule has 1 heterocycles. The van der Waals surface area contributed by atoms with Crippen LogP contribution in [0.5, 0.6) is 0 Å². The average Bonchev–Trinajstić information content (AvgIpc) is 2.04. The summed E-state index contributed by atoms with van der Waals surface area (Å²) >= 11 is 0. The summed E-state index contributed by atoms with van der Waals surface area (Å²) in [6, 6.07) is 0. The molecule has 70 valence electrons. The van der Waals surface area contributed by atoms with E-state index in [1.165, 1.54) is 6.92 Å². The molecule has 0 bridgehead atoms. The van der Waals surface area contributed by atoms with E-state index < -0.39 is 0 Å². The Balaban J connectivity index is 2.41. The first-order valence-corrected chi connectivity index (χ1v) is 4.53. The zero-order valence-corrected chi connectivity index (χ0v) is 7.71. The normalized spacial score (nSPS) is 29.8. The number of carbonyl (C=O) groups excluding carboxylic acids is 1. The molecule has 1 saturated heterocycles. The molecule has 1 rings (SSSR count). The number of carbonyl (C=O) groups is 1. The molecule has 12 heavy (non-hydrogen) atoms. The third-order valence-corrected chi connectivity index (χ3v) is 2.19. The molecule has 3 nitrogen and oxygen atoms in total. The lowest BCUT2D eigenvalue weighted by atomic mass is 9.98. The van der Waals surface area contributed by atoms with Crippen molar-refractivity contribution in [3.05, 3.63) is 0 Å². The van der Waals surface area contributed by atoms with E-state index in [-0.39, 0.29) is 12.3 Å². The van der Waals surface area contributed by atoms with Crippen LogP contribution in [0.15, 0.2) is 0 Å². The van der Waals surface area contributed by atoms with Gasteiger partial charge in [-0.3, -0.25) is 4.79 Å². The van der Waals surface area contributed by atoms with E-state index in [1.54, 1.807) is 0 Å². The molecule has 0 N–H and O–H groups in total. The first-order valence-electron chi connectivity index (χ1n) is 4.53. The Bertz CT molecular complexity index is 156. The Morgan fingerprint density at radius 1 is 1.67 bits per heavy atom. The second-order valence-corrected chi connectivity index (χ2v) is 3.16. The Morgan fingerprint density at radius 3 is 3.00 bits per heavy atom. The third-order valence-electron chi connectivity index (χ3n) is 2.19. The van der Waals surface area contributed by atoms with Crippen molar-refractivity contribution in [3.8, 4) is 0 Å². The van der Waals surface area contributed by atoms with Crippen molar-refractivity contribution < 1.29 is 14.3 Å². The van der Waals surface area contributed by atoms with Gasteiger partial charge in [-0.25, -0.2) is 0 Å². The summed E-state index contributed by atoms with van der Waals surface area (Å²) < 4.78 is 10.4. The van der Waals surface area contributed by atoms with E-state index >= 15 is 0 Å². The van der Waals surface area contributed by atoms with Crippen molar-refractivity contribution in [1.82, 2.24) is 0 Å². The zero-order chi connectivity index (χ0) is 8.97. The molecular formula is C9H16O3. The second kappa shape index (κ2) is 4.45. The number of hydrogen-bond acceptors (Lipinski definition) is 3. The minimum atomic E-state index is -0.291. The van der Waals surface area contributed by atoms with Gasteiger partial charge in [-0.2, -0.15) is 0 Å². The lowest BCUT2D eigenvalue weighted by molar-refractivity contribution is -0.200. The van der Waals surface area contributed by atoms with Gasteiger partial charge in [-0.15, -0.1) is 0 Å². The van der Waals surface area contributed by atoms with E-state index in [0.29, 0.717) is 12.5 Å². The number of esters is 1. The summed E-state index contributed by atoms with van der Waals surface area (Å²) in [5.41, 5.74) is 0. The predicted octanol–water partition coefficient (Wildman–Crippen LogP) is 1.71. The van der Waals surface area contributed by atoms with Gasteiger partial charge in [0.1, 0.15) is 0 Å². The Morgan fingerprint density at radius 2 is 2.42 bits per heavy atom. The van der Waals surface area contributed by atoms with Gasteiger partial charge in [0.25, 0.3) is 0 Å². The molecule has 0 amide bonds. The average molecular weight is 172 g/mol. The van der Waals surface area contributed by atoms with E-state index in [9.17, 15) is 4.79 Å². The van der Waals surface area contributed by atoms with Gasteiger partial charge < -0.3 is 9.47 Å². The molecule has 2 unspecified atom stereocenters. The fourth-order valence-electron chi connectivity index (χ4n) is 1.51. The fourth-order valence-corrected chi connectivity index (χ4v) is 1.51. The minimum absolute atomic E-state index is 0.250. The first-order chi connectivity index (χ1) is 5.74. The van der Waals surface area contributed by atoms with E-state index in [0.717, 1.165) is 19.3 Å². The number of rotatable bonds is 2. The van der Waals surface area contributed by atoms with Gasteiger partial charge in [-0.05, 0) is 19.3 Å². The summed E-state index contributed by atoms with van der Waals surface area (Å²) in [5.74, 6) is 0.142. The molecule has 1 aliphatic heterocycles. The van der Waals surface area contributed by atoms with E-state index in [4.69, 9.17) is 9.47 Å². The largest absolute Gasteiger partial charge is 0.436 e. The number of hydrogen-bond donors (Lipinski definition) is 0. The van der Waals surface area contributed by atoms with Gasteiger partial charge in [-0.1, -0.05) is 6.92 Å². The minimum Gasteiger partial charge on any atom is -0.436 e. The van der Waals surface area contributed by atoms with Gasteiger partial charge in [0.2, 0.25) is 6.29 Å². The van der Waals surface area contributed by atoms with Crippen molar-refractivity contribution in [1.29, 1.82) is 0 Å². The van der Waals surface area contributed by atoms with Crippen molar-refractivity contribution in [2.75, 3.05) is 6.61 Å². The molecule has 0 aromatic rings. The van der Waals surface area contributed by atoms with Crippen LogP contribution in [0.3, 0.4) is 0 Å². The fraction of sp³-hybridized carbons (Fsp3) is 0.889. The maximum absolute atomic E-state index is 10.7. The Labute approximate surface area is 73.0 Å². The van der Waals surface area contributed by atoms with E-state index in [2.05, 4.69) is 6.92 Å². The molecule has 1 aliphatic rings. The highest BCUT2D eigenvalue weighted by Gasteiger charge is 2.26. The highest BCUT2D eigenvalue weighted by Crippen LogP contribution is 2.24. The highest BCUT2D eigenvalue weighted by atomic mass is 16.7. The maximum Gasteiger partial charge on any atom is 0.304 e. The van der Waals surface area contributed by atoms with Crippen molar-refractivity contribution >= 4 is 5.97 Å². The second-order valence-electron chi connectivity index (χ2n) is 3.16. The summed E-state index contributed by atoms with van der Waals surface area (Å²) in [7, 11) is 0. The molecule has 0 saturated carbocycles. The number of ether oxygens (including phenoxy) is 2. The molecule has 0 aromatic carbocycles. The van der Waals surface area contributed by atoms with Crippen LogP contribution in [-0.4, -0.2) is 18.9 Å². The molecule has 0 aliphatic carbocycles. The van der Waals surface area contributed by atoms with Crippen molar-refractivity contribution in [2.24, 2.45) is 5.92 Å². The van der Waals surface area contributed by atoms with Gasteiger partial charge in [0.15, 0.2) is 0 Å². The van der Waals surface area contributed by atoms with Crippen LogP contribution in [0, 0.1) is 5.92 Å². The molecular weight excluding hydrogens is 156 g/mol. The highest BCUT2D eigenvalue weighted by molar-refractivity contribution is 5.66. The molecule has 0 aromatic heterocycles. The third kappa shape index (κ3) is 2.48. The summed E-state index contributed by atoms with van der Waals surface area (Å²) in [5, 5.41) is 0. The molecule has 1 fully saturated rings. The van der Waals surface area contributed by atoms with Crippen LogP contribution in [0.1, 0.15) is 33.1 Å². The summed E-state index contributed by atoms with van der Waals surface area (Å²) in [4.78, 5) is 10.7. The quantitative estimate of drug-likeness (QED) is 0.595. The van der Waals surface area contributed by atoms with Crippen molar-refractivity contribution in [3.63, 3.8) is 0 Å². The summed E-state index contributed by atoms with van der Waals surface area (Å²) in [6.45, 7) is 4.23. The molecule has 2 atom stereocenters. The van der Waals surface area contributed by atoms with Crippen LogP contribution in [0.25, 0.3) is 0 Å². The topological polar surface area (TPSA) is 35.5 Å². The van der Waals surface area contributed by atoms with E-state index in [1.807, 2.05) is 0 Å². The SMILES string of the molecule is CCC1CCCOC1OC(C)=O. The van der Waals surface area contributed by atoms with Crippen LogP contribution >= 0.6 is 0 Å². The Hall–Kier alpha value is -0.570. The van der Waals surface area contributed by atoms with Crippen LogP contribution < -0.4 is 0 Å². The van der Waals surface area contributed by atoms with Crippen LogP contribution in [0.4, 0.5) is 0 Å². The lowest BCUT2D eigenvalue weighted by Gasteiger charge is -2.29. The summed E-state index contributed by atoms with van der Waals surface area (Å²) in [6.07, 6.45) is 2.91. The van der Waals surface area contributed by atoms with Gasteiger partial charge in [0, 0.05) is 12.8 Å². The molecule has 3 heteroatoms. The van der Waals surface area contributed by atoms with Crippen molar-refractivity contribution in [2.45, 2.75) is 39.4 Å². The molecule has 0 radical (unpaired) electrons. The Kier molecular flexibility index (Phi) is 3.53. The predicted molar refractivity (Wildman–Crippen MR) is 44.5 cm³/mol. The molecule has 0 spiro atoms. The van der Waals surface area contributed by atoms with Crippen LogP contribution in [-0.2, 0) is 14.3 Å². The first kappa shape index (κ1) is 9.52. The monoisotopic (exact) mass is 172 g/mol. The standard InChI is InChI=1S/C9H16O3/c1-3-8-5-4-6-11-9(8)12-7(2)10/h8-9H,3-6H2,1-2H3. The van der Waals surface area contributed by atoms with Crippen LogP contribution in [0.2, 0.25) is 0 Å². The zero-order valence-electron chi connectivity index (χ0n) is 7.71. The lowest BCUT2D eigenvalue weighted by Crippen LogP contribution is -2.32. The maximum atomic E-state index is 10.7. The van der Waals surface area contributed by atoms with Gasteiger partial charge >= 0.3 is 5.97 Å². The smallest absolute Gasteiger partial charge is 0.304 e.